The van der Waals surface area contributed by atoms with Gasteiger partial charge in [0.25, 0.3) is 0 Å². The van der Waals surface area contributed by atoms with Crippen molar-refractivity contribution in [2.45, 2.75) is 38.8 Å². The molecular weight excluding hydrogens is 402 g/mol. The summed E-state index contributed by atoms with van der Waals surface area (Å²) in [6.07, 6.45) is 1.09. The lowest BCUT2D eigenvalue weighted by atomic mass is 10.1. The lowest BCUT2D eigenvalue weighted by molar-refractivity contribution is -0.139. The van der Waals surface area contributed by atoms with Crippen LogP contribution in [0.15, 0.2) is 35.8 Å². The van der Waals surface area contributed by atoms with Gasteiger partial charge < -0.3 is 15.2 Å². The van der Waals surface area contributed by atoms with Gasteiger partial charge in [-0.2, -0.15) is 0 Å². The van der Waals surface area contributed by atoms with Gasteiger partial charge in [-0.15, -0.1) is 11.3 Å². The SMILES string of the molecule is CC(C)(C)OC(=O)NC(Cc1c(-c2ccc(Cl)cc2)nc2sccn12)C(=O)O. The Morgan fingerprint density at radius 1 is 1.32 bits per heavy atom. The summed E-state index contributed by atoms with van der Waals surface area (Å²) in [5.41, 5.74) is 1.43. The van der Waals surface area contributed by atoms with Crippen molar-refractivity contribution in [3.63, 3.8) is 0 Å². The number of thiazole rings is 1. The average Bonchev–Trinajstić information content (AvgIpc) is 3.15. The van der Waals surface area contributed by atoms with Crippen LogP contribution in [0.1, 0.15) is 26.5 Å². The van der Waals surface area contributed by atoms with E-state index in [0.717, 1.165) is 10.5 Å². The van der Waals surface area contributed by atoms with E-state index < -0.39 is 23.7 Å². The molecule has 2 heterocycles. The van der Waals surface area contributed by atoms with Gasteiger partial charge in [0.2, 0.25) is 0 Å². The monoisotopic (exact) mass is 421 g/mol. The number of carbonyl (C=O) groups excluding carboxylic acids is 1. The number of nitrogens with zero attached hydrogens (tertiary/aromatic N) is 2. The van der Waals surface area contributed by atoms with Crippen LogP contribution >= 0.6 is 22.9 Å². The molecule has 7 nitrogen and oxygen atoms in total. The molecule has 9 heteroatoms. The normalized spacial score (nSPS) is 12.7. The Morgan fingerprint density at radius 3 is 2.61 bits per heavy atom. The van der Waals surface area contributed by atoms with Crippen LogP contribution in [0, 0.1) is 0 Å². The number of amides is 1. The molecule has 0 bridgehead atoms. The summed E-state index contributed by atoms with van der Waals surface area (Å²) in [6.45, 7) is 5.15. The first-order valence-corrected chi connectivity index (χ1v) is 9.82. The highest BCUT2D eigenvalue weighted by molar-refractivity contribution is 7.15. The summed E-state index contributed by atoms with van der Waals surface area (Å²) in [7, 11) is 0. The minimum Gasteiger partial charge on any atom is -0.480 e. The molecule has 0 radical (unpaired) electrons. The number of rotatable bonds is 5. The first kappa shape index (κ1) is 20.2. The van der Waals surface area contributed by atoms with E-state index in [0.29, 0.717) is 16.4 Å². The van der Waals surface area contributed by atoms with Gasteiger partial charge in [-0.1, -0.05) is 23.7 Å². The van der Waals surface area contributed by atoms with Gasteiger partial charge in [0, 0.05) is 28.6 Å². The number of carbonyl (C=O) groups is 2. The number of alkyl carbamates (subject to hydrolysis) is 1. The van der Waals surface area contributed by atoms with Gasteiger partial charge in [-0.25, -0.2) is 14.6 Å². The van der Waals surface area contributed by atoms with E-state index in [1.165, 1.54) is 11.3 Å². The highest BCUT2D eigenvalue weighted by Gasteiger charge is 2.27. The number of hydrogen-bond donors (Lipinski definition) is 2. The van der Waals surface area contributed by atoms with E-state index in [4.69, 9.17) is 16.3 Å². The standard InChI is InChI=1S/C19H20ClN3O4S/c1-19(2,3)27-18(26)21-13(16(24)25)10-14-15(11-4-6-12(20)7-5-11)22-17-23(14)8-9-28-17/h4-9,13H,10H2,1-3H3,(H,21,26)(H,24,25). The molecule has 0 fully saturated rings. The van der Waals surface area contributed by atoms with Crippen molar-refractivity contribution in [2.24, 2.45) is 0 Å². The zero-order valence-corrected chi connectivity index (χ0v) is 17.2. The number of aromatic nitrogens is 2. The molecule has 3 aromatic rings. The molecule has 0 aliphatic carbocycles. The fourth-order valence-electron chi connectivity index (χ4n) is 2.71. The Labute approximate surface area is 170 Å². The minimum absolute atomic E-state index is 0.0461. The van der Waals surface area contributed by atoms with Crippen molar-refractivity contribution in [3.8, 4) is 11.3 Å². The predicted molar refractivity (Wildman–Crippen MR) is 108 cm³/mol. The number of nitrogens with one attached hydrogen (secondary N) is 1. The van der Waals surface area contributed by atoms with Gasteiger partial charge in [0.15, 0.2) is 4.96 Å². The fraction of sp³-hybridized carbons (Fsp3) is 0.316. The number of aliphatic carboxylic acids is 1. The maximum atomic E-state index is 12.1. The summed E-state index contributed by atoms with van der Waals surface area (Å²) < 4.78 is 7.02. The first-order valence-electron chi connectivity index (χ1n) is 8.57. The third-order valence-corrected chi connectivity index (χ3v) is 4.87. The Bertz CT molecular complexity index is 1000. The van der Waals surface area contributed by atoms with Crippen LogP contribution in [0.5, 0.6) is 0 Å². The Hall–Kier alpha value is -2.58. The van der Waals surface area contributed by atoms with E-state index >= 15 is 0 Å². The summed E-state index contributed by atoms with van der Waals surface area (Å²) in [5.74, 6) is -1.15. The quantitative estimate of drug-likeness (QED) is 0.642. The van der Waals surface area contributed by atoms with Crippen LogP contribution in [0.25, 0.3) is 16.2 Å². The molecule has 148 valence electrons. The third-order valence-electron chi connectivity index (χ3n) is 3.87. The Balaban J connectivity index is 1.93. The number of imidazole rings is 1. The largest absolute Gasteiger partial charge is 0.480 e. The van der Waals surface area contributed by atoms with Gasteiger partial charge in [0.1, 0.15) is 11.6 Å². The topological polar surface area (TPSA) is 92.9 Å². The van der Waals surface area contributed by atoms with E-state index in [1.54, 1.807) is 32.9 Å². The number of carboxylic acids is 1. The van der Waals surface area contributed by atoms with E-state index in [9.17, 15) is 14.7 Å². The summed E-state index contributed by atoms with van der Waals surface area (Å²) >= 11 is 7.41. The van der Waals surface area contributed by atoms with Gasteiger partial charge in [0.05, 0.1) is 11.4 Å². The van der Waals surface area contributed by atoms with Crippen molar-refractivity contribution >= 4 is 40.0 Å². The zero-order chi connectivity index (χ0) is 20.5. The van der Waals surface area contributed by atoms with E-state index in [-0.39, 0.29) is 6.42 Å². The predicted octanol–water partition coefficient (Wildman–Crippen LogP) is 4.24. The van der Waals surface area contributed by atoms with E-state index in [2.05, 4.69) is 10.3 Å². The number of carboxylic acid groups (broad SMARTS) is 1. The van der Waals surface area contributed by atoms with Crippen molar-refractivity contribution in [2.75, 3.05) is 0 Å². The van der Waals surface area contributed by atoms with Crippen LogP contribution in [0.3, 0.4) is 0 Å². The molecule has 1 unspecified atom stereocenters. The third kappa shape index (κ3) is 4.63. The molecule has 1 atom stereocenters. The number of benzene rings is 1. The Morgan fingerprint density at radius 2 is 2.00 bits per heavy atom. The molecule has 1 aromatic carbocycles. The van der Waals surface area contributed by atoms with Crippen LogP contribution in [-0.4, -0.2) is 38.2 Å². The molecule has 2 aromatic heterocycles. The maximum absolute atomic E-state index is 12.1. The minimum atomic E-state index is -1.17. The van der Waals surface area contributed by atoms with Crippen LogP contribution in [0.4, 0.5) is 4.79 Å². The molecule has 0 saturated heterocycles. The maximum Gasteiger partial charge on any atom is 0.408 e. The molecule has 0 aliphatic heterocycles. The van der Waals surface area contributed by atoms with Crippen LogP contribution in [0.2, 0.25) is 5.02 Å². The molecule has 0 saturated carbocycles. The molecule has 3 rings (SSSR count). The summed E-state index contributed by atoms with van der Waals surface area (Å²) in [5, 5.41) is 14.5. The summed E-state index contributed by atoms with van der Waals surface area (Å²) in [6, 6.07) is 5.99. The lowest BCUT2D eigenvalue weighted by Crippen LogP contribution is -2.44. The molecule has 0 aliphatic rings. The van der Waals surface area contributed by atoms with Crippen molar-refractivity contribution < 1.29 is 19.4 Å². The van der Waals surface area contributed by atoms with Gasteiger partial charge in [-0.3, -0.25) is 4.40 Å². The molecular formula is C19H20ClN3O4S. The smallest absolute Gasteiger partial charge is 0.408 e. The lowest BCUT2D eigenvalue weighted by Gasteiger charge is -2.22. The van der Waals surface area contributed by atoms with Crippen LogP contribution < -0.4 is 5.32 Å². The zero-order valence-electron chi connectivity index (χ0n) is 15.6. The van der Waals surface area contributed by atoms with E-state index in [1.807, 2.05) is 28.1 Å². The second-order valence-corrected chi connectivity index (χ2v) is 8.52. The molecule has 1 amide bonds. The number of fused-ring (bicyclic) bond motifs is 1. The van der Waals surface area contributed by atoms with Gasteiger partial charge >= 0.3 is 12.1 Å². The molecule has 28 heavy (non-hydrogen) atoms. The molecule has 0 spiro atoms. The van der Waals surface area contributed by atoms with Crippen molar-refractivity contribution in [1.29, 1.82) is 0 Å². The summed E-state index contributed by atoms with van der Waals surface area (Å²) in [4.78, 5) is 29.2. The fourth-order valence-corrected chi connectivity index (χ4v) is 3.57. The Kier molecular flexibility index (Phi) is 5.62. The highest BCUT2D eigenvalue weighted by atomic mass is 35.5. The van der Waals surface area contributed by atoms with Gasteiger partial charge in [-0.05, 0) is 32.9 Å². The number of ether oxygens (including phenoxy) is 1. The number of hydrogen-bond acceptors (Lipinski definition) is 5. The molecule has 2 N–H and O–H groups in total. The average molecular weight is 422 g/mol. The van der Waals surface area contributed by atoms with Crippen LogP contribution in [-0.2, 0) is 16.0 Å². The highest BCUT2D eigenvalue weighted by Crippen LogP contribution is 2.28. The number of halogens is 1. The van der Waals surface area contributed by atoms with Crippen molar-refractivity contribution in [1.82, 2.24) is 14.7 Å². The second kappa shape index (κ2) is 7.81. The van der Waals surface area contributed by atoms with Crippen molar-refractivity contribution in [3.05, 3.63) is 46.6 Å². The first-order chi connectivity index (χ1) is 13.1. The second-order valence-electron chi connectivity index (χ2n) is 7.21.